The van der Waals surface area contributed by atoms with Crippen molar-refractivity contribution < 1.29 is 57.9 Å². The molecule has 2 aliphatic rings. The lowest BCUT2D eigenvalue weighted by atomic mass is 9.85. The van der Waals surface area contributed by atoms with Gasteiger partial charge in [0.15, 0.2) is 5.75 Å². The average molecular weight is 1070 g/mol. The maximum atomic E-state index is 14.8. The fraction of sp³-hybridized carbons (Fsp3) is 0.361. The molecule has 1 aromatic heterocycles. The number of para-hydroxylation sites is 1. The molecule has 0 amide bonds. The summed E-state index contributed by atoms with van der Waals surface area (Å²) in [6.45, 7) is 19.8. The van der Waals surface area contributed by atoms with Crippen molar-refractivity contribution in [2.24, 2.45) is 4.99 Å². The first-order valence-electron chi connectivity index (χ1n) is 25.1. The number of fused-ring (bicyclic) bond motifs is 2. The number of hydrogen-bond acceptors (Lipinski definition) is 4. The van der Waals surface area contributed by atoms with E-state index < -0.39 is 44.7 Å². The quantitative estimate of drug-likeness (QED) is 0.101. The summed E-state index contributed by atoms with van der Waals surface area (Å²) in [7, 11) is -2.78. The highest BCUT2D eigenvalue weighted by molar-refractivity contribution is 6.44. The molecule has 8 rings (SSSR count). The van der Waals surface area contributed by atoms with Crippen molar-refractivity contribution in [3.63, 3.8) is 0 Å². The molecule has 3 heterocycles. The standard InChI is InChI=1S/C51H49BF10N2O3.C10H14/c1-45(2,3)33-20-14-30(15-21-33)37-26-38(31-16-22-34(23-17-31)46(4,5)6)63-43(37)42-36-12-10-11-13-40(36)67-41-27-39(32-18-24-35(25-19-32)47(7,8)9)64(44(41)42)52(65-28-48(53,54)50(57,58)59)66-29-49(55,56)51(60,61)62;1-10(2,3)9-7-5-4-6-8-9/h10-27H,28-29H2,1-9H3;4-8H,1-3H3/b43-42-;. The van der Waals surface area contributed by atoms with Gasteiger partial charge in [0.25, 0.3) is 0 Å². The number of allylic oxidation sites excluding steroid dienone is 2. The van der Waals surface area contributed by atoms with Crippen molar-refractivity contribution in [2.75, 3.05) is 13.2 Å². The highest BCUT2D eigenvalue weighted by atomic mass is 19.4. The van der Waals surface area contributed by atoms with Gasteiger partial charge in [0.05, 0.1) is 17.1 Å². The number of halogens is 10. The van der Waals surface area contributed by atoms with Crippen molar-refractivity contribution in [1.29, 1.82) is 0 Å². The zero-order valence-electron chi connectivity index (χ0n) is 45.2. The Kier molecular flexibility index (Phi) is 16.0. The van der Waals surface area contributed by atoms with Crippen LogP contribution in [0.1, 0.15) is 128 Å². The van der Waals surface area contributed by atoms with Crippen LogP contribution in [-0.2, 0) is 31.0 Å². The molecule has 16 heteroatoms. The number of benzene rings is 5. The van der Waals surface area contributed by atoms with E-state index in [1.165, 1.54) is 11.6 Å². The minimum atomic E-state index is -6.20. The Labute approximate surface area is 444 Å². The molecule has 5 aromatic carbocycles. The van der Waals surface area contributed by atoms with Gasteiger partial charge in [-0.15, -0.1) is 0 Å². The predicted molar refractivity (Wildman–Crippen MR) is 286 cm³/mol. The van der Waals surface area contributed by atoms with E-state index in [1.54, 1.807) is 48.5 Å². The molecule has 0 spiro atoms. The van der Waals surface area contributed by atoms with Crippen LogP contribution in [0.5, 0.6) is 11.5 Å². The van der Waals surface area contributed by atoms with E-state index in [-0.39, 0.29) is 56.0 Å². The molecule has 5 nitrogen and oxygen atoms in total. The predicted octanol–water partition coefficient (Wildman–Crippen LogP) is 17.7. The van der Waals surface area contributed by atoms with Crippen LogP contribution in [0.2, 0.25) is 0 Å². The normalized spacial score (nSPS) is 15.5. The van der Waals surface area contributed by atoms with E-state index in [1.807, 2.05) is 96.1 Å². The molecule has 0 bridgehead atoms. The van der Waals surface area contributed by atoms with E-state index in [2.05, 4.69) is 71.9 Å². The molecule has 0 N–H and O–H groups in total. The van der Waals surface area contributed by atoms with Crippen LogP contribution in [0.4, 0.5) is 43.9 Å². The maximum absolute atomic E-state index is 14.8. The molecule has 0 unspecified atom stereocenters. The molecule has 6 aromatic rings. The monoisotopic (exact) mass is 1070 g/mol. The first-order chi connectivity index (χ1) is 35.5. The summed E-state index contributed by atoms with van der Waals surface area (Å²) in [4.78, 5) is 5.17. The van der Waals surface area contributed by atoms with Gasteiger partial charge in [-0.05, 0) is 67.2 Å². The van der Waals surface area contributed by atoms with E-state index in [4.69, 9.17) is 19.0 Å². The molecule has 0 fully saturated rings. The van der Waals surface area contributed by atoms with Crippen LogP contribution in [0.3, 0.4) is 0 Å². The van der Waals surface area contributed by atoms with Gasteiger partial charge in [-0.1, -0.05) is 204 Å². The van der Waals surface area contributed by atoms with Gasteiger partial charge in [-0.25, -0.2) is 4.99 Å². The first kappa shape index (κ1) is 58.3. The number of aromatic nitrogens is 1. The Balaban J connectivity index is 0.000000773. The van der Waals surface area contributed by atoms with Gasteiger partial charge in [0.1, 0.15) is 19.0 Å². The van der Waals surface area contributed by atoms with Crippen molar-refractivity contribution >= 4 is 24.1 Å². The molecule has 408 valence electrons. The molecule has 2 aliphatic heterocycles. The Bertz CT molecular complexity index is 3110. The fourth-order valence-electron chi connectivity index (χ4n) is 8.57. The third-order valence-electron chi connectivity index (χ3n) is 13.3. The van der Waals surface area contributed by atoms with E-state index in [0.717, 1.165) is 21.2 Å². The maximum Gasteiger partial charge on any atom is 0.598 e. The zero-order valence-corrected chi connectivity index (χ0v) is 45.2. The minimum Gasteiger partial charge on any atom is -0.454 e. The second kappa shape index (κ2) is 21.1. The van der Waals surface area contributed by atoms with E-state index in [9.17, 15) is 43.9 Å². The number of alkyl halides is 10. The lowest BCUT2D eigenvalue weighted by Crippen LogP contribution is -2.48. The molecular formula is C61H63BF10N2O3. The summed E-state index contributed by atoms with van der Waals surface area (Å²) in [5.41, 5.74) is 6.71. The number of nitrogens with zero attached hydrogens (tertiary/aromatic N) is 2. The molecule has 0 saturated carbocycles. The van der Waals surface area contributed by atoms with Crippen molar-refractivity contribution in [1.82, 2.24) is 4.48 Å². The van der Waals surface area contributed by atoms with Crippen LogP contribution >= 0.6 is 0 Å². The molecule has 0 saturated heterocycles. The minimum absolute atomic E-state index is 0.0842. The van der Waals surface area contributed by atoms with Crippen LogP contribution in [0.25, 0.3) is 22.4 Å². The highest BCUT2D eigenvalue weighted by Gasteiger charge is 2.60. The smallest absolute Gasteiger partial charge is 0.454 e. The molecule has 77 heavy (non-hydrogen) atoms. The lowest BCUT2D eigenvalue weighted by Gasteiger charge is -2.29. The summed E-state index contributed by atoms with van der Waals surface area (Å²) < 4.78 is 159. The van der Waals surface area contributed by atoms with Gasteiger partial charge >= 0.3 is 31.5 Å². The van der Waals surface area contributed by atoms with Gasteiger partial charge in [0, 0.05) is 34.0 Å². The van der Waals surface area contributed by atoms with Crippen LogP contribution < -0.4 is 4.74 Å². The topological polar surface area (TPSA) is 45.0 Å². The Morgan fingerprint density at radius 2 is 0.870 bits per heavy atom. The average Bonchev–Trinajstić information content (AvgIpc) is 3.95. The van der Waals surface area contributed by atoms with Crippen molar-refractivity contribution in [3.8, 4) is 22.8 Å². The second-order valence-electron chi connectivity index (χ2n) is 23.4. The van der Waals surface area contributed by atoms with E-state index >= 15 is 0 Å². The SMILES string of the molecule is CC(C)(C)c1ccc(C2=CC(c3ccc(C(C)(C)C)cc3)=N/C2=C2/c3ccccc3Oc3cc(-c4ccc(C(C)(C)C)cc4)n(B(OCC(F)(F)C(F)(F)F)OCC(F)(F)C(F)(F)F)c32)cc1.CC(C)(C)c1ccccc1. The summed E-state index contributed by atoms with van der Waals surface area (Å²) >= 11 is 0. The van der Waals surface area contributed by atoms with Crippen molar-refractivity contribution in [3.05, 3.63) is 190 Å². The number of ether oxygens (including phenoxy) is 1. The van der Waals surface area contributed by atoms with E-state index in [0.29, 0.717) is 33.4 Å². The second-order valence-corrected chi connectivity index (χ2v) is 23.4. The highest BCUT2D eigenvalue weighted by Crippen LogP contribution is 2.52. The van der Waals surface area contributed by atoms with Gasteiger partial charge < -0.3 is 18.5 Å². The van der Waals surface area contributed by atoms with Crippen LogP contribution in [0, 0.1) is 0 Å². The van der Waals surface area contributed by atoms with Crippen LogP contribution in [-0.4, -0.2) is 54.9 Å². The molecular weight excluding hydrogens is 1010 g/mol. The summed E-state index contributed by atoms with van der Waals surface area (Å²) in [6.07, 6.45) is -10.6. The number of aliphatic imine (C=N–C) groups is 1. The van der Waals surface area contributed by atoms with Crippen LogP contribution in [0.15, 0.2) is 150 Å². The lowest BCUT2D eigenvalue weighted by molar-refractivity contribution is -0.295. The third kappa shape index (κ3) is 13.0. The Hall–Kier alpha value is -6.39. The van der Waals surface area contributed by atoms with Gasteiger partial charge in [0.2, 0.25) is 0 Å². The Morgan fingerprint density at radius 3 is 1.30 bits per heavy atom. The zero-order chi connectivity index (χ0) is 56.9. The fourth-order valence-corrected chi connectivity index (χ4v) is 8.57. The van der Waals surface area contributed by atoms with Crippen molar-refractivity contribution in [2.45, 2.75) is 129 Å². The first-order valence-corrected chi connectivity index (χ1v) is 25.1. The summed E-state index contributed by atoms with van der Waals surface area (Å²) in [5, 5.41) is 0. The van der Waals surface area contributed by atoms with Gasteiger partial charge in [-0.2, -0.15) is 43.9 Å². The summed E-state index contributed by atoms with van der Waals surface area (Å²) in [5.74, 6) is -11.0. The number of hydrogen-bond donors (Lipinski definition) is 0. The molecule has 0 aliphatic carbocycles. The van der Waals surface area contributed by atoms with Gasteiger partial charge in [-0.3, -0.25) is 0 Å². The number of rotatable bonds is 10. The third-order valence-corrected chi connectivity index (χ3v) is 13.3. The Morgan fingerprint density at radius 1 is 0.468 bits per heavy atom. The molecule has 0 atom stereocenters. The largest absolute Gasteiger partial charge is 0.598 e. The summed E-state index contributed by atoms with van der Waals surface area (Å²) in [6, 6.07) is 40.5. The molecule has 0 radical (unpaired) electrons.